The number of amidine groups is 1. The van der Waals surface area contributed by atoms with Gasteiger partial charge in [0.15, 0.2) is 0 Å². The van der Waals surface area contributed by atoms with Gasteiger partial charge in [0.05, 0.1) is 0 Å². The highest BCUT2D eigenvalue weighted by Gasteiger charge is 2.05. The molecule has 2 aromatic carbocycles. The molecular formula is C11H10N2O. The van der Waals surface area contributed by atoms with E-state index in [4.69, 9.17) is 11.1 Å². The summed E-state index contributed by atoms with van der Waals surface area (Å²) >= 11 is 0. The predicted octanol–water partition coefficient (Wildman–Crippen LogP) is 1.83. The molecule has 0 aromatic heterocycles. The maximum Gasteiger partial charge on any atom is 0.123 e. The van der Waals surface area contributed by atoms with Gasteiger partial charge in [-0.3, -0.25) is 5.41 Å². The summed E-state index contributed by atoms with van der Waals surface area (Å²) < 4.78 is 0. The minimum absolute atomic E-state index is 0.0150. The molecule has 14 heavy (non-hydrogen) atoms. The first-order valence-electron chi connectivity index (χ1n) is 4.25. The van der Waals surface area contributed by atoms with Crippen molar-refractivity contribution in [1.82, 2.24) is 0 Å². The summed E-state index contributed by atoms with van der Waals surface area (Å²) in [6.45, 7) is 0. The molecular weight excluding hydrogens is 176 g/mol. The fraction of sp³-hybridized carbons (Fsp3) is 0. The number of nitrogens with two attached hydrogens (primary N) is 1. The first-order chi connectivity index (χ1) is 6.70. The van der Waals surface area contributed by atoms with Crippen molar-refractivity contribution in [3.63, 3.8) is 0 Å². The van der Waals surface area contributed by atoms with Crippen LogP contribution in [0.3, 0.4) is 0 Å². The Bertz CT molecular complexity index is 506. The van der Waals surface area contributed by atoms with Gasteiger partial charge in [-0.05, 0) is 17.5 Å². The molecule has 0 fully saturated rings. The number of hydrogen-bond acceptors (Lipinski definition) is 2. The fourth-order valence-corrected chi connectivity index (χ4v) is 1.52. The molecule has 0 saturated carbocycles. The van der Waals surface area contributed by atoms with Crippen LogP contribution in [0.2, 0.25) is 0 Å². The highest BCUT2D eigenvalue weighted by Crippen LogP contribution is 2.26. The van der Waals surface area contributed by atoms with Crippen LogP contribution in [0, 0.1) is 5.41 Å². The van der Waals surface area contributed by atoms with Gasteiger partial charge in [-0.25, -0.2) is 0 Å². The number of hydrogen-bond donors (Lipinski definition) is 3. The van der Waals surface area contributed by atoms with Crippen LogP contribution < -0.4 is 5.73 Å². The van der Waals surface area contributed by atoms with Gasteiger partial charge in [0.2, 0.25) is 0 Å². The Morgan fingerprint density at radius 2 is 1.71 bits per heavy atom. The second-order valence-electron chi connectivity index (χ2n) is 3.09. The van der Waals surface area contributed by atoms with E-state index in [2.05, 4.69) is 0 Å². The Labute approximate surface area is 81.3 Å². The molecule has 0 aliphatic rings. The van der Waals surface area contributed by atoms with E-state index in [0.29, 0.717) is 5.56 Å². The van der Waals surface area contributed by atoms with Gasteiger partial charge >= 0.3 is 0 Å². The number of rotatable bonds is 1. The van der Waals surface area contributed by atoms with Gasteiger partial charge in [-0.15, -0.1) is 0 Å². The van der Waals surface area contributed by atoms with Crippen molar-refractivity contribution in [3.8, 4) is 5.75 Å². The quantitative estimate of drug-likeness (QED) is 0.469. The van der Waals surface area contributed by atoms with Gasteiger partial charge < -0.3 is 10.8 Å². The summed E-state index contributed by atoms with van der Waals surface area (Å²) in [7, 11) is 0. The van der Waals surface area contributed by atoms with E-state index < -0.39 is 0 Å². The van der Waals surface area contributed by atoms with Crippen LogP contribution in [0.15, 0.2) is 36.4 Å². The van der Waals surface area contributed by atoms with Crippen LogP contribution in [0.1, 0.15) is 5.56 Å². The molecule has 0 atom stereocenters. The number of benzene rings is 2. The van der Waals surface area contributed by atoms with Crippen LogP contribution >= 0.6 is 0 Å². The lowest BCUT2D eigenvalue weighted by molar-refractivity contribution is 0.481. The molecule has 0 heterocycles. The van der Waals surface area contributed by atoms with E-state index in [1.165, 1.54) is 0 Å². The fourth-order valence-electron chi connectivity index (χ4n) is 1.52. The molecule has 2 aromatic rings. The SMILES string of the molecule is N=C(N)c1ccc(O)c2ccccc12. The maximum absolute atomic E-state index is 9.57. The normalized spacial score (nSPS) is 10.3. The molecule has 2 rings (SSSR count). The molecule has 0 radical (unpaired) electrons. The molecule has 0 spiro atoms. The van der Waals surface area contributed by atoms with Crippen LogP contribution in [0.4, 0.5) is 0 Å². The second-order valence-corrected chi connectivity index (χ2v) is 3.09. The molecule has 4 N–H and O–H groups in total. The molecule has 70 valence electrons. The van der Waals surface area contributed by atoms with Crippen molar-refractivity contribution in [1.29, 1.82) is 5.41 Å². The molecule has 0 saturated heterocycles. The van der Waals surface area contributed by atoms with Crippen LogP contribution in [0.25, 0.3) is 10.8 Å². The number of aromatic hydroxyl groups is 1. The maximum atomic E-state index is 9.57. The van der Waals surface area contributed by atoms with E-state index in [1.807, 2.05) is 18.2 Å². The number of phenolic OH excluding ortho intramolecular Hbond substituents is 1. The van der Waals surface area contributed by atoms with E-state index >= 15 is 0 Å². The topological polar surface area (TPSA) is 70.1 Å². The van der Waals surface area contributed by atoms with Gasteiger partial charge in [-0.2, -0.15) is 0 Å². The Kier molecular flexibility index (Phi) is 1.85. The summed E-state index contributed by atoms with van der Waals surface area (Å²) in [5, 5.41) is 18.5. The summed E-state index contributed by atoms with van der Waals surface area (Å²) in [5.41, 5.74) is 6.08. The van der Waals surface area contributed by atoms with Crippen molar-refractivity contribution >= 4 is 16.6 Å². The highest BCUT2D eigenvalue weighted by atomic mass is 16.3. The number of nitrogens with one attached hydrogen (secondary N) is 1. The standard InChI is InChI=1S/C11H10N2O/c12-11(13)9-5-6-10(14)8-4-2-1-3-7(8)9/h1-6,14H,(H3,12,13). The van der Waals surface area contributed by atoms with E-state index in [0.717, 1.165) is 10.8 Å². The highest BCUT2D eigenvalue weighted by molar-refractivity contribution is 6.08. The number of nitrogen functional groups attached to an aromatic ring is 1. The Hall–Kier alpha value is -2.03. The van der Waals surface area contributed by atoms with Crippen molar-refractivity contribution in [2.75, 3.05) is 0 Å². The summed E-state index contributed by atoms with van der Waals surface area (Å²) in [6, 6.07) is 10.5. The monoisotopic (exact) mass is 186 g/mol. The molecule has 0 aliphatic heterocycles. The largest absolute Gasteiger partial charge is 0.507 e. The average molecular weight is 186 g/mol. The zero-order valence-electron chi connectivity index (χ0n) is 7.49. The molecule has 0 aliphatic carbocycles. The van der Waals surface area contributed by atoms with Crippen molar-refractivity contribution in [2.45, 2.75) is 0 Å². The third kappa shape index (κ3) is 1.19. The number of fused-ring (bicyclic) bond motifs is 1. The lowest BCUT2D eigenvalue weighted by Gasteiger charge is -2.05. The zero-order chi connectivity index (χ0) is 10.1. The van der Waals surface area contributed by atoms with E-state index in [1.54, 1.807) is 18.2 Å². The van der Waals surface area contributed by atoms with E-state index in [-0.39, 0.29) is 11.6 Å². The van der Waals surface area contributed by atoms with Crippen LogP contribution in [-0.4, -0.2) is 10.9 Å². The summed E-state index contributed by atoms with van der Waals surface area (Å²) in [6.07, 6.45) is 0. The predicted molar refractivity (Wildman–Crippen MR) is 56.6 cm³/mol. The smallest absolute Gasteiger partial charge is 0.123 e. The van der Waals surface area contributed by atoms with Gasteiger partial charge in [0, 0.05) is 10.9 Å². The van der Waals surface area contributed by atoms with Gasteiger partial charge in [0.25, 0.3) is 0 Å². The van der Waals surface area contributed by atoms with Gasteiger partial charge in [0.1, 0.15) is 11.6 Å². The van der Waals surface area contributed by atoms with Crippen molar-refractivity contribution in [3.05, 3.63) is 42.0 Å². The van der Waals surface area contributed by atoms with Crippen molar-refractivity contribution < 1.29 is 5.11 Å². The Morgan fingerprint density at radius 1 is 1.07 bits per heavy atom. The van der Waals surface area contributed by atoms with Crippen LogP contribution in [0.5, 0.6) is 5.75 Å². The molecule has 0 unspecified atom stereocenters. The third-order valence-corrected chi connectivity index (χ3v) is 2.19. The number of phenols is 1. The first-order valence-corrected chi connectivity index (χ1v) is 4.25. The molecule has 0 bridgehead atoms. The van der Waals surface area contributed by atoms with Gasteiger partial charge in [-0.1, -0.05) is 24.3 Å². The van der Waals surface area contributed by atoms with E-state index in [9.17, 15) is 5.11 Å². The first kappa shape index (κ1) is 8.56. The molecule has 0 amide bonds. The minimum atomic E-state index is 0.0150. The summed E-state index contributed by atoms with van der Waals surface area (Å²) in [4.78, 5) is 0. The zero-order valence-corrected chi connectivity index (χ0v) is 7.49. The lowest BCUT2D eigenvalue weighted by Crippen LogP contribution is -2.11. The van der Waals surface area contributed by atoms with Crippen LogP contribution in [-0.2, 0) is 0 Å². The second kappa shape index (κ2) is 3.03. The molecule has 3 heteroatoms. The Morgan fingerprint density at radius 3 is 2.36 bits per heavy atom. The minimum Gasteiger partial charge on any atom is -0.507 e. The lowest BCUT2D eigenvalue weighted by atomic mass is 10.0. The Balaban J connectivity index is 2.88. The average Bonchev–Trinajstić information content (AvgIpc) is 2.18. The summed E-state index contributed by atoms with van der Waals surface area (Å²) in [5.74, 6) is 0.229. The molecule has 3 nitrogen and oxygen atoms in total. The van der Waals surface area contributed by atoms with Crippen molar-refractivity contribution in [2.24, 2.45) is 5.73 Å². The third-order valence-electron chi connectivity index (χ3n) is 2.19.